The van der Waals surface area contributed by atoms with Crippen molar-refractivity contribution in [3.8, 4) is 0 Å². The molecule has 82 valence electrons. The molecule has 1 aliphatic heterocycles. The molecule has 14 heavy (non-hydrogen) atoms. The van der Waals surface area contributed by atoms with Gasteiger partial charge in [-0.15, -0.1) is 0 Å². The Kier molecular flexibility index (Phi) is 3.86. The predicted molar refractivity (Wildman–Crippen MR) is 53.6 cm³/mol. The molecular weight excluding hydrogens is 182 g/mol. The molecule has 0 aromatic heterocycles. The third-order valence-corrected chi connectivity index (χ3v) is 2.81. The number of hydrogen-bond donors (Lipinski definition) is 2. The van der Waals surface area contributed by atoms with E-state index in [1.165, 1.54) is 0 Å². The molecule has 4 N–H and O–H groups in total. The molecule has 1 aliphatic rings. The maximum atomic E-state index is 10.8. The summed E-state index contributed by atoms with van der Waals surface area (Å²) in [5.41, 5.74) is 10.7. The van der Waals surface area contributed by atoms with E-state index in [1.54, 1.807) is 0 Å². The number of amides is 1. The SMILES string of the molecule is CC1OCCN(CC(N)C(N)=O)C1C. The minimum atomic E-state index is -0.581. The van der Waals surface area contributed by atoms with Gasteiger partial charge in [-0.1, -0.05) is 0 Å². The van der Waals surface area contributed by atoms with Crippen LogP contribution in [0.5, 0.6) is 0 Å². The standard InChI is InChI=1S/C9H19N3O2/c1-6-7(2)14-4-3-12(6)5-8(10)9(11)13/h6-8H,3-5,10H2,1-2H3,(H2,11,13). The summed E-state index contributed by atoms with van der Waals surface area (Å²) in [6, 6.07) is -0.295. The molecule has 1 rings (SSSR count). The summed E-state index contributed by atoms with van der Waals surface area (Å²) >= 11 is 0. The molecule has 0 aromatic rings. The Morgan fingerprint density at radius 3 is 2.86 bits per heavy atom. The third kappa shape index (κ3) is 2.67. The van der Waals surface area contributed by atoms with Crippen LogP contribution in [0.3, 0.4) is 0 Å². The minimum Gasteiger partial charge on any atom is -0.376 e. The van der Waals surface area contributed by atoms with Gasteiger partial charge in [0.05, 0.1) is 18.8 Å². The Morgan fingerprint density at radius 1 is 1.64 bits per heavy atom. The fourth-order valence-electron chi connectivity index (χ4n) is 1.60. The van der Waals surface area contributed by atoms with Crippen molar-refractivity contribution >= 4 is 5.91 Å². The Labute approximate surface area is 84.4 Å². The summed E-state index contributed by atoms with van der Waals surface area (Å²) in [7, 11) is 0. The molecule has 0 radical (unpaired) electrons. The highest BCUT2D eigenvalue weighted by Gasteiger charge is 2.27. The second kappa shape index (κ2) is 4.72. The lowest BCUT2D eigenvalue weighted by Crippen LogP contribution is -2.54. The number of carbonyl (C=O) groups excluding carboxylic acids is 1. The second-order valence-electron chi connectivity index (χ2n) is 3.82. The highest BCUT2D eigenvalue weighted by Crippen LogP contribution is 2.12. The van der Waals surface area contributed by atoms with Gasteiger partial charge < -0.3 is 16.2 Å². The van der Waals surface area contributed by atoms with Crippen LogP contribution in [0.15, 0.2) is 0 Å². The van der Waals surface area contributed by atoms with Crippen LogP contribution in [0.1, 0.15) is 13.8 Å². The molecule has 0 spiro atoms. The molecule has 1 fully saturated rings. The molecule has 1 heterocycles. The number of hydrogen-bond acceptors (Lipinski definition) is 4. The first-order valence-corrected chi connectivity index (χ1v) is 4.93. The van der Waals surface area contributed by atoms with Gasteiger partial charge >= 0.3 is 0 Å². The topological polar surface area (TPSA) is 81.6 Å². The number of primary amides is 1. The molecule has 0 aliphatic carbocycles. The van der Waals surface area contributed by atoms with Crippen LogP contribution in [-0.2, 0) is 9.53 Å². The summed E-state index contributed by atoms with van der Waals surface area (Å²) < 4.78 is 5.46. The highest BCUT2D eigenvalue weighted by atomic mass is 16.5. The van der Waals surface area contributed by atoms with Gasteiger partial charge in [0.15, 0.2) is 0 Å². The zero-order chi connectivity index (χ0) is 10.7. The van der Waals surface area contributed by atoms with Gasteiger partial charge in [0.1, 0.15) is 0 Å². The maximum absolute atomic E-state index is 10.8. The molecule has 1 amide bonds. The number of nitrogens with two attached hydrogens (primary N) is 2. The summed E-state index contributed by atoms with van der Waals surface area (Å²) in [5, 5.41) is 0. The van der Waals surface area contributed by atoms with Crippen LogP contribution < -0.4 is 11.5 Å². The zero-order valence-corrected chi connectivity index (χ0v) is 8.77. The lowest BCUT2D eigenvalue weighted by Gasteiger charge is -2.38. The van der Waals surface area contributed by atoms with Crippen molar-refractivity contribution in [1.82, 2.24) is 4.90 Å². The van der Waals surface area contributed by atoms with E-state index < -0.39 is 11.9 Å². The van der Waals surface area contributed by atoms with Crippen molar-refractivity contribution in [3.63, 3.8) is 0 Å². The smallest absolute Gasteiger partial charge is 0.235 e. The van der Waals surface area contributed by atoms with Crippen molar-refractivity contribution in [3.05, 3.63) is 0 Å². The van der Waals surface area contributed by atoms with E-state index >= 15 is 0 Å². The Hall–Kier alpha value is -0.650. The zero-order valence-electron chi connectivity index (χ0n) is 8.77. The number of nitrogens with zero attached hydrogens (tertiary/aromatic N) is 1. The van der Waals surface area contributed by atoms with E-state index in [1.807, 2.05) is 6.92 Å². The van der Waals surface area contributed by atoms with Gasteiger partial charge in [-0.3, -0.25) is 9.69 Å². The number of ether oxygens (including phenoxy) is 1. The number of carbonyl (C=O) groups is 1. The van der Waals surface area contributed by atoms with E-state index in [0.29, 0.717) is 13.2 Å². The molecule has 1 saturated heterocycles. The lowest BCUT2D eigenvalue weighted by atomic mass is 10.1. The van der Waals surface area contributed by atoms with Crippen LogP contribution >= 0.6 is 0 Å². The minimum absolute atomic E-state index is 0.184. The predicted octanol–water partition coefficient (Wildman–Crippen LogP) is -1.09. The molecule has 3 atom stereocenters. The van der Waals surface area contributed by atoms with Crippen molar-refractivity contribution in [2.45, 2.75) is 32.0 Å². The van der Waals surface area contributed by atoms with E-state index in [0.717, 1.165) is 6.54 Å². The molecule has 0 bridgehead atoms. The normalized spacial score (nSPS) is 31.4. The summed E-state index contributed by atoms with van der Waals surface area (Å²) in [4.78, 5) is 12.9. The van der Waals surface area contributed by atoms with E-state index in [2.05, 4.69) is 11.8 Å². The second-order valence-corrected chi connectivity index (χ2v) is 3.82. The van der Waals surface area contributed by atoms with Gasteiger partial charge in [0, 0.05) is 19.1 Å². The van der Waals surface area contributed by atoms with E-state index in [-0.39, 0.29) is 12.1 Å². The van der Waals surface area contributed by atoms with Crippen LogP contribution in [0, 0.1) is 0 Å². The summed E-state index contributed by atoms with van der Waals surface area (Å²) in [6.07, 6.45) is 0.184. The molecule has 5 heteroatoms. The lowest BCUT2D eigenvalue weighted by molar-refractivity contribution is -0.120. The molecule has 5 nitrogen and oxygen atoms in total. The van der Waals surface area contributed by atoms with Crippen LogP contribution in [0.4, 0.5) is 0 Å². The summed E-state index contributed by atoms with van der Waals surface area (Å²) in [5.74, 6) is -0.448. The van der Waals surface area contributed by atoms with Crippen molar-refractivity contribution in [2.75, 3.05) is 19.7 Å². The Morgan fingerprint density at radius 2 is 2.29 bits per heavy atom. The third-order valence-electron chi connectivity index (χ3n) is 2.81. The number of morpholine rings is 1. The van der Waals surface area contributed by atoms with Crippen LogP contribution in [0.2, 0.25) is 0 Å². The molecule has 3 unspecified atom stereocenters. The molecule has 0 aromatic carbocycles. The molecule has 0 saturated carbocycles. The first kappa shape index (κ1) is 11.4. The fourth-order valence-corrected chi connectivity index (χ4v) is 1.60. The van der Waals surface area contributed by atoms with Crippen LogP contribution in [-0.4, -0.2) is 48.7 Å². The number of rotatable bonds is 3. The van der Waals surface area contributed by atoms with Gasteiger partial charge in [0.25, 0.3) is 0 Å². The Bertz CT molecular complexity index is 210. The van der Waals surface area contributed by atoms with Crippen molar-refractivity contribution in [2.24, 2.45) is 11.5 Å². The first-order valence-electron chi connectivity index (χ1n) is 4.93. The molecular formula is C9H19N3O2. The maximum Gasteiger partial charge on any atom is 0.235 e. The Balaban J connectivity index is 2.46. The monoisotopic (exact) mass is 201 g/mol. The summed E-state index contributed by atoms with van der Waals surface area (Å²) in [6.45, 7) is 6.11. The first-order chi connectivity index (χ1) is 6.52. The van der Waals surface area contributed by atoms with Gasteiger partial charge in [0.2, 0.25) is 5.91 Å². The van der Waals surface area contributed by atoms with Crippen LogP contribution in [0.25, 0.3) is 0 Å². The average molecular weight is 201 g/mol. The average Bonchev–Trinajstić information content (AvgIpc) is 2.12. The van der Waals surface area contributed by atoms with E-state index in [9.17, 15) is 4.79 Å². The fraction of sp³-hybridized carbons (Fsp3) is 0.889. The van der Waals surface area contributed by atoms with Gasteiger partial charge in [-0.25, -0.2) is 0 Å². The van der Waals surface area contributed by atoms with Gasteiger partial charge in [-0.2, -0.15) is 0 Å². The quantitative estimate of drug-likeness (QED) is 0.608. The van der Waals surface area contributed by atoms with Crippen molar-refractivity contribution in [1.29, 1.82) is 0 Å². The van der Waals surface area contributed by atoms with Gasteiger partial charge in [-0.05, 0) is 13.8 Å². The highest BCUT2D eigenvalue weighted by molar-refractivity contribution is 5.79. The largest absolute Gasteiger partial charge is 0.376 e. The van der Waals surface area contributed by atoms with Crippen molar-refractivity contribution < 1.29 is 9.53 Å². The van der Waals surface area contributed by atoms with E-state index in [4.69, 9.17) is 16.2 Å².